The third-order valence-corrected chi connectivity index (χ3v) is 6.47. The van der Waals surface area contributed by atoms with Crippen LogP contribution in [-0.4, -0.2) is 75.7 Å². The van der Waals surface area contributed by atoms with E-state index in [0.717, 1.165) is 31.2 Å². The molecular formula is C24H31FN2O8. The molecule has 35 heavy (non-hydrogen) atoms. The molecule has 0 unspecified atom stereocenters. The first kappa shape index (κ1) is 25.4. The highest BCUT2D eigenvalue weighted by Crippen LogP contribution is 2.34. The molecule has 2 heterocycles. The lowest BCUT2D eigenvalue weighted by Crippen LogP contribution is -2.60. The second kappa shape index (κ2) is 10.5. The van der Waals surface area contributed by atoms with Gasteiger partial charge in [-0.25, -0.2) is 9.18 Å². The molecule has 1 aromatic heterocycles. The van der Waals surface area contributed by atoms with Gasteiger partial charge in [0.15, 0.2) is 0 Å². The van der Waals surface area contributed by atoms with Gasteiger partial charge in [-0.1, -0.05) is 12.1 Å². The van der Waals surface area contributed by atoms with Crippen LogP contribution in [0.1, 0.15) is 35.2 Å². The lowest BCUT2D eigenvalue weighted by molar-refractivity contribution is -0.278. The Hall–Kier alpha value is -2.73. The Kier molecular flexibility index (Phi) is 7.60. The van der Waals surface area contributed by atoms with Crippen molar-refractivity contribution in [3.8, 4) is 5.88 Å². The summed E-state index contributed by atoms with van der Waals surface area (Å²) in [7, 11) is 1.13. The van der Waals surface area contributed by atoms with E-state index in [0.29, 0.717) is 30.0 Å². The maximum atomic E-state index is 14.2. The van der Waals surface area contributed by atoms with E-state index in [1.807, 2.05) is 17.7 Å². The van der Waals surface area contributed by atoms with E-state index in [1.165, 1.54) is 6.07 Å². The summed E-state index contributed by atoms with van der Waals surface area (Å²) in [6.45, 7) is 3.86. The molecule has 3 N–H and O–H groups in total. The van der Waals surface area contributed by atoms with Crippen LogP contribution in [-0.2, 0) is 27.2 Å². The largest absolute Gasteiger partial charge is 0.508 e. The lowest BCUT2D eigenvalue weighted by Gasteiger charge is -2.39. The highest BCUT2D eigenvalue weighted by molar-refractivity contribution is 5.59. The number of benzene rings is 1. The quantitative estimate of drug-likeness (QED) is 0.468. The Morgan fingerprint density at radius 3 is 2.60 bits per heavy atom. The van der Waals surface area contributed by atoms with Crippen molar-refractivity contribution < 1.29 is 43.5 Å². The van der Waals surface area contributed by atoms with E-state index in [1.54, 1.807) is 13.0 Å². The third kappa shape index (κ3) is 5.75. The molecule has 192 valence electrons. The number of aliphatic hydroxyl groups is 3. The number of carbonyl (C=O) groups excluding carboxylic acids is 1. The zero-order valence-electron chi connectivity index (χ0n) is 19.9. The fourth-order valence-electron chi connectivity index (χ4n) is 4.00. The molecular weight excluding hydrogens is 463 g/mol. The van der Waals surface area contributed by atoms with Crippen molar-refractivity contribution in [3.05, 3.63) is 46.4 Å². The van der Waals surface area contributed by atoms with Crippen LogP contribution in [0.15, 0.2) is 18.2 Å². The van der Waals surface area contributed by atoms with Crippen LogP contribution in [0.4, 0.5) is 9.18 Å². The first-order chi connectivity index (χ1) is 16.7. The number of methoxy groups -OCH3 is 1. The molecule has 0 bridgehead atoms. The van der Waals surface area contributed by atoms with Crippen molar-refractivity contribution in [1.29, 1.82) is 0 Å². The molecule has 10 nitrogen and oxygen atoms in total. The minimum Gasteiger partial charge on any atom is -0.443 e. The van der Waals surface area contributed by atoms with Gasteiger partial charge in [-0.15, -0.1) is 5.10 Å². The Labute approximate surface area is 202 Å². The molecule has 1 aliphatic carbocycles. The van der Waals surface area contributed by atoms with E-state index in [9.17, 15) is 24.5 Å². The number of hydrogen-bond donors (Lipinski definition) is 3. The van der Waals surface area contributed by atoms with Crippen LogP contribution in [0, 0.1) is 25.6 Å². The number of nitrogens with zero attached hydrogens (tertiary/aromatic N) is 2. The van der Waals surface area contributed by atoms with Crippen LogP contribution < -0.4 is 4.74 Å². The van der Waals surface area contributed by atoms with Crippen molar-refractivity contribution in [2.24, 2.45) is 5.92 Å². The molecule has 1 saturated heterocycles. The van der Waals surface area contributed by atoms with E-state index in [-0.39, 0.29) is 11.7 Å². The number of halogens is 1. The smallest absolute Gasteiger partial charge is 0.443 e. The normalized spacial score (nSPS) is 26.4. The monoisotopic (exact) mass is 494 g/mol. The van der Waals surface area contributed by atoms with Crippen molar-refractivity contribution in [2.45, 2.75) is 70.4 Å². The average molecular weight is 495 g/mol. The van der Waals surface area contributed by atoms with Crippen LogP contribution in [0.2, 0.25) is 0 Å². The average Bonchev–Trinajstić information content (AvgIpc) is 3.61. The molecule has 0 spiro atoms. The lowest BCUT2D eigenvalue weighted by atomic mass is 9.99. The molecule has 0 radical (unpaired) electrons. The van der Waals surface area contributed by atoms with Gasteiger partial charge in [-0.2, -0.15) is 0 Å². The fraction of sp³-hybridized carbons (Fsp3) is 0.583. The summed E-state index contributed by atoms with van der Waals surface area (Å²) in [6, 6.07) is 4.99. The fourth-order valence-corrected chi connectivity index (χ4v) is 4.00. The van der Waals surface area contributed by atoms with Crippen molar-refractivity contribution in [2.75, 3.05) is 13.7 Å². The zero-order chi connectivity index (χ0) is 25.3. The van der Waals surface area contributed by atoms with Gasteiger partial charge in [0.25, 0.3) is 0 Å². The van der Waals surface area contributed by atoms with Crippen LogP contribution in [0.3, 0.4) is 0 Å². The molecule has 2 aliphatic rings. The van der Waals surface area contributed by atoms with Crippen molar-refractivity contribution in [1.82, 2.24) is 9.78 Å². The number of hydrogen-bond acceptors (Lipinski definition) is 9. The maximum absolute atomic E-state index is 14.2. The molecule has 1 saturated carbocycles. The minimum atomic E-state index is -1.62. The summed E-state index contributed by atoms with van der Waals surface area (Å²) in [5.74, 6) is 0.383. The highest BCUT2D eigenvalue weighted by Gasteiger charge is 2.46. The Morgan fingerprint density at radius 1 is 1.20 bits per heavy atom. The number of ether oxygens (including phenoxy) is 4. The van der Waals surface area contributed by atoms with E-state index in [2.05, 4.69) is 9.84 Å². The Balaban J connectivity index is 1.58. The van der Waals surface area contributed by atoms with Gasteiger partial charge in [0, 0.05) is 24.2 Å². The maximum Gasteiger partial charge on any atom is 0.508 e. The van der Waals surface area contributed by atoms with Crippen LogP contribution in [0.25, 0.3) is 0 Å². The molecule has 1 aliphatic heterocycles. The SMILES string of the molecule is COC(=O)OC[C@H]1O[C@@H](Oc2nn(CC3CC3)c(C)c2Cc2ccc(C)c(F)c2)[C@H](O)[C@@H](O)[C@@H]1O. The second-order valence-corrected chi connectivity index (χ2v) is 9.15. The summed E-state index contributed by atoms with van der Waals surface area (Å²) in [5, 5.41) is 35.7. The molecule has 4 rings (SSSR count). The van der Waals surface area contributed by atoms with Gasteiger partial charge in [-0.05, 0) is 49.8 Å². The third-order valence-electron chi connectivity index (χ3n) is 6.47. The molecule has 2 aromatic rings. The second-order valence-electron chi connectivity index (χ2n) is 9.15. The van der Waals surface area contributed by atoms with Gasteiger partial charge in [0.2, 0.25) is 12.2 Å². The molecule has 11 heteroatoms. The number of rotatable bonds is 8. The predicted molar refractivity (Wildman–Crippen MR) is 119 cm³/mol. The number of carbonyl (C=O) groups is 1. The number of aromatic nitrogens is 2. The first-order valence-corrected chi connectivity index (χ1v) is 11.6. The minimum absolute atomic E-state index is 0.171. The molecule has 1 aromatic carbocycles. The first-order valence-electron chi connectivity index (χ1n) is 11.6. The summed E-state index contributed by atoms with van der Waals surface area (Å²) in [5.41, 5.74) is 2.78. The summed E-state index contributed by atoms with van der Waals surface area (Å²) < 4.78 is 36.8. The number of aliphatic hydroxyl groups excluding tert-OH is 3. The Morgan fingerprint density at radius 2 is 1.94 bits per heavy atom. The van der Waals surface area contributed by atoms with Crippen molar-refractivity contribution in [3.63, 3.8) is 0 Å². The standard InChI is InChI=1S/C24H31FN2O8/c1-12-4-5-15(9-17(12)25)8-16-13(2)27(10-14-6-7-14)26-22(16)35-23-21(30)20(29)19(28)18(34-23)11-33-24(31)32-3/h4-5,9,14,18-21,23,28-30H,6-8,10-11H2,1-3H3/t18-,19-,20+,21-,23+/m1/s1. The highest BCUT2D eigenvalue weighted by atomic mass is 19.1. The summed E-state index contributed by atoms with van der Waals surface area (Å²) >= 11 is 0. The molecule has 0 amide bonds. The topological polar surface area (TPSA) is 132 Å². The van der Waals surface area contributed by atoms with Crippen LogP contribution >= 0.6 is 0 Å². The van der Waals surface area contributed by atoms with Crippen LogP contribution in [0.5, 0.6) is 5.88 Å². The van der Waals surface area contributed by atoms with Gasteiger partial charge < -0.3 is 34.3 Å². The zero-order valence-corrected chi connectivity index (χ0v) is 19.9. The Bertz CT molecular complexity index is 1060. The summed E-state index contributed by atoms with van der Waals surface area (Å²) in [4.78, 5) is 11.3. The van der Waals surface area contributed by atoms with E-state index in [4.69, 9.17) is 14.2 Å². The summed E-state index contributed by atoms with van der Waals surface area (Å²) in [6.07, 6.45) is -5.76. The van der Waals surface area contributed by atoms with E-state index >= 15 is 0 Å². The van der Waals surface area contributed by atoms with E-state index < -0.39 is 43.5 Å². The van der Waals surface area contributed by atoms with Gasteiger partial charge in [-0.3, -0.25) is 4.68 Å². The number of aryl methyl sites for hydroxylation is 1. The predicted octanol–water partition coefficient (Wildman–Crippen LogP) is 1.61. The van der Waals surface area contributed by atoms with Gasteiger partial charge in [0.1, 0.15) is 36.8 Å². The van der Waals surface area contributed by atoms with Gasteiger partial charge >= 0.3 is 6.16 Å². The van der Waals surface area contributed by atoms with Crippen molar-refractivity contribution >= 4 is 6.16 Å². The van der Waals surface area contributed by atoms with Gasteiger partial charge in [0.05, 0.1) is 7.11 Å². The molecule has 2 fully saturated rings. The molecule has 5 atom stereocenters.